The molecule has 0 saturated heterocycles. The smallest absolute Gasteiger partial charge is 0.230 e. The molecule has 0 bridgehead atoms. The Kier molecular flexibility index (Phi) is 3.08. The van der Waals surface area contributed by atoms with Crippen LogP contribution in [0.2, 0.25) is 0 Å². The van der Waals surface area contributed by atoms with E-state index in [9.17, 15) is 10.1 Å². The van der Waals surface area contributed by atoms with Crippen molar-refractivity contribution < 1.29 is 4.92 Å². The van der Waals surface area contributed by atoms with Gasteiger partial charge in [0.15, 0.2) is 0 Å². The van der Waals surface area contributed by atoms with E-state index in [2.05, 4.69) is 0 Å². The third kappa shape index (κ3) is 3.16. The molecule has 1 rings (SSSR count). The zero-order valence-corrected chi connectivity index (χ0v) is 6.53. The molecule has 0 aliphatic heterocycles. The first-order valence-corrected chi connectivity index (χ1v) is 4.09. The molecule has 1 aliphatic carbocycles. The second-order valence-corrected chi connectivity index (χ2v) is 3.06. The highest BCUT2D eigenvalue weighted by Gasteiger charge is 2.12. The van der Waals surface area contributed by atoms with Crippen molar-refractivity contribution in [2.24, 2.45) is 5.92 Å². The first-order valence-electron chi connectivity index (χ1n) is 4.09. The zero-order valence-electron chi connectivity index (χ0n) is 6.53. The average Bonchev–Trinajstić information content (AvgIpc) is 2.39. The largest absolute Gasteiger partial charge is 0.259 e. The molecule has 62 valence electrons. The van der Waals surface area contributed by atoms with E-state index < -0.39 is 4.92 Å². The summed E-state index contributed by atoms with van der Waals surface area (Å²) in [5, 5.41) is 9.89. The summed E-state index contributed by atoms with van der Waals surface area (Å²) in [5.74, 6) is 0.714. The molecule has 0 atom stereocenters. The summed E-state index contributed by atoms with van der Waals surface area (Å²) in [6, 6.07) is 0. The quantitative estimate of drug-likeness (QED) is 0.463. The Morgan fingerprint density at radius 3 is 2.64 bits per heavy atom. The van der Waals surface area contributed by atoms with Crippen LogP contribution in [0.15, 0.2) is 12.3 Å². The normalized spacial score (nSPS) is 19.6. The summed E-state index contributed by atoms with van der Waals surface area (Å²) in [7, 11) is 0. The van der Waals surface area contributed by atoms with Gasteiger partial charge in [-0.15, -0.1) is 0 Å². The van der Waals surface area contributed by atoms with Gasteiger partial charge in [0, 0.05) is 0 Å². The molecule has 0 aromatic rings. The van der Waals surface area contributed by atoms with Gasteiger partial charge in [0.2, 0.25) is 6.20 Å². The fourth-order valence-electron chi connectivity index (χ4n) is 1.59. The number of hydrogen-bond donors (Lipinski definition) is 0. The van der Waals surface area contributed by atoms with Gasteiger partial charge < -0.3 is 0 Å². The lowest BCUT2D eigenvalue weighted by Crippen LogP contribution is -1.90. The van der Waals surface area contributed by atoms with E-state index in [0.717, 1.165) is 12.6 Å². The number of allylic oxidation sites excluding steroid dienone is 1. The highest BCUT2D eigenvalue weighted by Crippen LogP contribution is 2.27. The molecular formula is C8H13NO2. The maximum Gasteiger partial charge on any atom is 0.230 e. The first-order chi connectivity index (χ1) is 5.29. The number of nitro groups is 1. The lowest BCUT2D eigenvalue weighted by atomic mass is 10.0. The van der Waals surface area contributed by atoms with Gasteiger partial charge >= 0.3 is 0 Å². The van der Waals surface area contributed by atoms with Crippen molar-refractivity contribution in [1.82, 2.24) is 0 Å². The van der Waals surface area contributed by atoms with Crippen LogP contribution in [-0.2, 0) is 0 Å². The van der Waals surface area contributed by atoms with Crippen molar-refractivity contribution in [3.8, 4) is 0 Å². The summed E-state index contributed by atoms with van der Waals surface area (Å²) in [5.41, 5.74) is 0. The highest BCUT2D eigenvalue weighted by molar-refractivity contribution is 4.79. The summed E-state index contributed by atoms with van der Waals surface area (Å²) in [6.07, 6.45) is 8.73. The van der Waals surface area contributed by atoms with Crippen LogP contribution in [0, 0.1) is 16.0 Å². The molecule has 0 aromatic carbocycles. The maximum absolute atomic E-state index is 9.89. The summed E-state index contributed by atoms with van der Waals surface area (Å²) >= 11 is 0. The second kappa shape index (κ2) is 4.11. The lowest BCUT2D eigenvalue weighted by molar-refractivity contribution is -0.402. The van der Waals surface area contributed by atoms with Gasteiger partial charge in [-0.1, -0.05) is 25.7 Å². The fraction of sp³-hybridized carbons (Fsp3) is 0.750. The molecule has 0 N–H and O–H groups in total. The number of nitrogens with zero attached hydrogens (tertiary/aromatic N) is 1. The van der Waals surface area contributed by atoms with Crippen LogP contribution in [0.1, 0.15) is 32.1 Å². The summed E-state index contributed by atoms with van der Waals surface area (Å²) in [4.78, 5) is 9.50. The van der Waals surface area contributed by atoms with Gasteiger partial charge in [0.05, 0.1) is 4.92 Å². The van der Waals surface area contributed by atoms with Crippen LogP contribution < -0.4 is 0 Å². The molecule has 0 amide bonds. The number of hydrogen-bond acceptors (Lipinski definition) is 2. The van der Waals surface area contributed by atoms with Crippen LogP contribution in [-0.4, -0.2) is 4.92 Å². The first kappa shape index (κ1) is 8.24. The minimum Gasteiger partial charge on any atom is -0.259 e. The maximum atomic E-state index is 9.89. The molecule has 0 heterocycles. The highest BCUT2D eigenvalue weighted by atomic mass is 16.6. The van der Waals surface area contributed by atoms with Crippen molar-refractivity contribution in [2.75, 3.05) is 0 Å². The van der Waals surface area contributed by atoms with E-state index in [1.165, 1.54) is 25.7 Å². The van der Waals surface area contributed by atoms with Crippen molar-refractivity contribution in [2.45, 2.75) is 32.1 Å². The van der Waals surface area contributed by atoms with E-state index in [-0.39, 0.29) is 0 Å². The number of rotatable bonds is 3. The molecule has 3 heteroatoms. The van der Waals surface area contributed by atoms with Crippen molar-refractivity contribution in [3.63, 3.8) is 0 Å². The Morgan fingerprint density at radius 2 is 2.09 bits per heavy atom. The molecule has 1 fully saturated rings. The molecule has 1 aliphatic rings. The zero-order chi connectivity index (χ0) is 8.10. The topological polar surface area (TPSA) is 43.1 Å². The molecular weight excluding hydrogens is 142 g/mol. The van der Waals surface area contributed by atoms with E-state index in [1.807, 2.05) is 0 Å². The predicted octanol–water partition coefficient (Wildman–Crippen LogP) is 2.36. The van der Waals surface area contributed by atoms with Crippen LogP contribution in [0.3, 0.4) is 0 Å². The van der Waals surface area contributed by atoms with E-state index in [0.29, 0.717) is 5.92 Å². The van der Waals surface area contributed by atoms with E-state index in [1.54, 1.807) is 6.08 Å². The van der Waals surface area contributed by atoms with Crippen molar-refractivity contribution in [3.05, 3.63) is 22.4 Å². The Hall–Kier alpha value is -0.860. The minimum absolute atomic E-state index is 0.394. The molecule has 0 aromatic heterocycles. The molecule has 1 saturated carbocycles. The van der Waals surface area contributed by atoms with Crippen molar-refractivity contribution in [1.29, 1.82) is 0 Å². The van der Waals surface area contributed by atoms with Gasteiger partial charge in [0.25, 0.3) is 0 Å². The summed E-state index contributed by atoms with van der Waals surface area (Å²) in [6.45, 7) is 0. The summed E-state index contributed by atoms with van der Waals surface area (Å²) < 4.78 is 0. The molecule has 0 spiro atoms. The van der Waals surface area contributed by atoms with E-state index in [4.69, 9.17) is 0 Å². The Morgan fingerprint density at radius 1 is 1.45 bits per heavy atom. The average molecular weight is 155 g/mol. The molecule has 11 heavy (non-hydrogen) atoms. The third-order valence-electron chi connectivity index (χ3n) is 2.17. The van der Waals surface area contributed by atoms with Crippen LogP contribution in [0.5, 0.6) is 0 Å². The van der Waals surface area contributed by atoms with Crippen LogP contribution in [0.4, 0.5) is 0 Å². The van der Waals surface area contributed by atoms with Crippen LogP contribution in [0.25, 0.3) is 0 Å². The van der Waals surface area contributed by atoms with Gasteiger partial charge in [-0.2, -0.15) is 0 Å². The Bertz CT molecular complexity index is 159. The fourth-order valence-corrected chi connectivity index (χ4v) is 1.59. The Balaban J connectivity index is 2.15. The van der Waals surface area contributed by atoms with Gasteiger partial charge in [0.1, 0.15) is 0 Å². The van der Waals surface area contributed by atoms with Gasteiger partial charge in [-0.25, -0.2) is 0 Å². The SMILES string of the molecule is O=[N+]([O-])/C=C/CC1CCCC1. The van der Waals surface area contributed by atoms with Crippen molar-refractivity contribution >= 4 is 0 Å². The molecule has 0 unspecified atom stereocenters. The molecule has 3 nitrogen and oxygen atoms in total. The van der Waals surface area contributed by atoms with Crippen LogP contribution >= 0.6 is 0 Å². The van der Waals surface area contributed by atoms with Gasteiger partial charge in [-0.05, 0) is 18.4 Å². The third-order valence-corrected chi connectivity index (χ3v) is 2.17. The second-order valence-electron chi connectivity index (χ2n) is 3.06. The standard InChI is InChI=1S/C8H13NO2/c10-9(11)7-3-6-8-4-1-2-5-8/h3,7-8H,1-2,4-6H2/b7-3+. The lowest BCUT2D eigenvalue weighted by Gasteiger charge is -2.00. The monoisotopic (exact) mass is 155 g/mol. The van der Waals surface area contributed by atoms with E-state index >= 15 is 0 Å². The molecule has 0 radical (unpaired) electrons. The predicted molar refractivity (Wildman–Crippen MR) is 42.7 cm³/mol. The Labute approximate surface area is 66.3 Å². The van der Waals surface area contributed by atoms with Gasteiger partial charge in [-0.3, -0.25) is 10.1 Å². The minimum atomic E-state index is -0.394.